The molecule has 4 heterocycles. The summed E-state index contributed by atoms with van der Waals surface area (Å²) in [5.41, 5.74) is 5.69. The number of benzene rings is 1. The molecule has 0 radical (unpaired) electrons. The second-order valence-corrected chi connectivity index (χ2v) is 10.1. The molecule has 0 unspecified atom stereocenters. The zero-order chi connectivity index (χ0) is 22.1. The lowest BCUT2D eigenvalue weighted by Crippen LogP contribution is -2.33. The number of thiazole rings is 1. The average molecular weight is 510 g/mol. The van der Waals surface area contributed by atoms with E-state index in [2.05, 4.69) is 47.5 Å². The summed E-state index contributed by atoms with van der Waals surface area (Å²) in [4.78, 5) is 29.5. The molecule has 0 saturated carbocycles. The Balaban J connectivity index is 1.38. The van der Waals surface area contributed by atoms with E-state index in [1.807, 2.05) is 36.0 Å². The van der Waals surface area contributed by atoms with Crippen molar-refractivity contribution in [1.82, 2.24) is 24.4 Å². The fraction of sp³-hybridized carbons (Fsp3) is 0.333. The summed E-state index contributed by atoms with van der Waals surface area (Å²) in [6.45, 7) is 5.15. The highest BCUT2D eigenvalue weighted by Crippen LogP contribution is 2.29. The smallest absolute Gasteiger partial charge is 0.159 e. The quantitative estimate of drug-likeness (QED) is 0.261. The molecule has 0 N–H and O–H groups in total. The monoisotopic (exact) mass is 509 g/mol. The first kappa shape index (κ1) is 21.4. The Kier molecular flexibility index (Phi) is 6.17. The van der Waals surface area contributed by atoms with Gasteiger partial charge in [0, 0.05) is 28.2 Å². The molecular weight excluding hydrogens is 486 g/mol. The summed E-state index contributed by atoms with van der Waals surface area (Å²) >= 11 is 5.13. The average Bonchev–Trinajstić information content (AvgIpc) is 3.42. The minimum absolute atomic E-state index is 0.0715. The van der Waals surface area contributed by atoms with Crippen LogP contribution in [-0.2, 0) is 13.1 Å². The lowest BCUT2D eigenvalue weighted by molar-refractivity contribution is 0.101. The number of rotatable bonds is 6. The lowest BCUT2D eigenvalue weighted by atomic mass is 9.93. The van der Waals surface area contributed by atoms with Crippen molar-refractivity contribution in [2.24, 2.45) is 0 Å². The van der Waals surface area contributed by atoms with E-state index in [-0.39, 0.29) is 5.78 Å². The van der Waals surface area contributed by atoms with Gasteiger partial charge in [0.1, 0.15) is 10.4 Å². The topological polar surface area (TPSA) is 63.9 Å². The number of Topliss-reactive ketones (excluding diaryl/α,β-unsaturated/α-hetero) is 1. The summed E-state index contributed by atoms with van der Waals surface area (Å²) in [5, 5.41) is 0. The Morgan fingerprint density at radius 3 is 2.72 bits per heavy atom. The first-order valence-corrected chi connectivity index (χ1v) is 12.5. The maximum Gasteiger partial charge on any atom is 0.159 e. The number of hydrogen-bond acceptors (Lipinski definition) is 6. The normalized spacial score (nSPS) is 15.4. The Morgan fingerprint density at radius 2 is 2.00 bits per heavy atom. The molecule has 1 aliphatic rings. The van der Waals surface area contributed by atoms with Gasteiger partial charge in [-0.1, -0.05) is 6.07 Å². The molecule has 0 aliphatic carbocycles. The fourth-order valence-corrected chi connectivity index (χ4v) is 5.34. The Bertz CT molecular complexity index is 1240. The van der Waals surface area contributed by atoms with E-state index in [4.69, 9.17) is 4.98 Å². The van der Waals surface area contributed by atoms with E-state index in [0.29, 0.717) is 5.92 Å². The number of hydrogen-bond donors (Lipinski definition) is 0. The van der Waals surface area contributed by atoms with E-state index in [9.17, 15) is 4.79 Å². The van der Waals surface area contributed by atoms with Crippen LogP contribution in [0.3, 0.4) is 0 Å². The molecular formula is C24H24BrN5OS. The minimum atomic E-state index is 0.0715. The van der Waals surface area contributed by atoms with Gasteiger partial charge in [0.25, 0.3) is 0 Å². The molecule has 164 valence electrons. The number of fused-ring (bicyclic) bond motifs is 1. The third kappa shape index (κ3) is 4.53. The largest absolute Gasteiger partial charge is 0.321 e. The number of pyridine rings is 1. The van der Waals surface area contributed by atoms with Gasteiger partial charge < -0.3 is 4.57 Å². The first-order chi connectivity index (χ1) is 15.6. The van der Waals surface area contributed by atoms with Crippen molar-refractivity contribution >= 4 is 44.1 Å². The van der Waals surface area contributed by atoms with Crippen LogP contribution in [-0.4, -0.2) is 43.3 Å². The van der Waals surface area contributed by atoms with Gasteiger partial charge >= 0.3 is 0 Å². The predicted molar refractivity (Wildman–Crippen MR) is 130 cm³/mol. The van der Waals surface area contributed by atoms with Crippen LogP contribution in [0, 0.1) is 0 Å². The van der Waals surface area contributed by atoms with E-state index in [1.165, 1.54) is 10.6 Å². The highest BCUT2D eigenvalue weighted by molar-refractivity contribution is 9.10. The number of piperidine rings is 1. The molecule has 5 rings (SSSR count). The molecule has 1 aliphatic heterocycles. The third-order valence-corrected chi connectivity index (χ3v) is 7.34. The first-order valence-electron chi connectivity index (χ1n) is 10.8. The van der Waals surface area contributed by atoms with E-state index < -0.39 is 0 Å². The summed E-state index contributed by atoms with van der Waals surface area (Å²) in [7, 11) is 0. The van der Waals surface area contributed by atoms with E-state index in [0.717, 1.165) is 66.0 Å². The molecule has 4 aromatic rings. The Labute approximate surface area is 199 Å². The number of carbonyl (C=O) groups is 1. The summed E-state index contributed by atoms with van der Waals surface area (Å²) < 4.78 is 3.15. The minimum Gasteiger partial charge on any atom is -0.321 e. The zero-order valence-corrected chi connectivity index (χ0v) is 20.3. The number of ketones is 1. The molecule has 0 bridgehead atoms. The molecule has 8 heteroatoms. The second-order valence-electron chi connectivity index (χ2n) is 8.28. The molecule has 1 saturated heterocycles. The lowest BCUT2D eigenvalue weighted by Gasteiger charge is -2.31. The van der Waals surface area contributed by atoms with Crippen molar-refractivity contribution in [2.75, 3.05) is 13.1 Å². The van der Waals surface area contributed by atoms with Gasteiger partial charge in [0.2, 0.25) is 0 Å². The van der Waals surface area contributed by atoms with Gasteiger partial charge in [-0.05, 0) is 79.1 Å². The van der Waals surface area contributed by atoms with Crippen molar-refractivity contribution in [3.05, 3.63) is 74.7 Å². The van der Waals surface area contributed by atoms with Gasteiger partial charge in [0.15, 0.2) is 5.78 Å². The SMILES string of the molecule is CC(=O)c1ccc2nc(CN3CCC(c4cccc(Br)n4)CC3)n(Cc3cncs3)c2c1. The number of imidazole rings is 1. The molecule has 6 nitrogen and oxygen atoms in total. The number of nitrogens with zero attached hydrogens (tertiary/aromatic N) is 5. The van der Waals surface area contributed by atoms with Crippen LogP contribution in [0.4, 0.5) is 0 Å². The van der Waals surface area contributed by atoms with Gasteiger partial charge in [-0.15, -0.1) is 11.3 Å². The van der Waals surface area contributed by atoms with Gasteiger partial charge in [-0.2, -0.15) is 0 Å². The van der Waals surface area contributed by atoms with Crippen molar-refractivity contribution in [3.63, 3.8) is 0 Å². The molecule has 0 atom stereocenters. The molecule has 1 fully saturated rings. The zero-order valence-electron chi connectivity index (χ0n) is 17.9. The van der Waals surface area contributed by atoms with Crippen molar-refractivity contribution in [1.29, 1.82) is 0 Å². The Hall–Kier alpha value is -2.42. The van der Waals surface area contributed by atoms with Crippen LogP contribution in [0.15, 0.2) is 52.7 Å². The van der Waals surface area contributed by atoms with Crippen molar-refractivity contribution < 1.29 is 4.79 Å². The third-order valence-electron chi connectivity index (χ3n) is 6.14. The van der Waals surface area contributed by atoms with Gasteiger partial charge in [-0.3, -0.25) is 14.7 Å². The van der Waals surface area contributed by atoms with Crippen LogP contribution in [0.1, 0.15) is 52.4 Å². The number of likely N-dealkylation sites (tertiary alicyclic amines) is 1. The van der Waals surface area contributed by atoms with Gasteiger partial charge in [-0.25, -0.2) is 9.97 Å². The maximum atomic E-state index is 12.0. The molecule has 0 amide bonds. The summed E-state index contributed by atoms with van der Waals surface area (Å²) in [6.07, 6.45) is 4.09. The summed E-state index contributed by atoms with van der Waals surface area (Å²) in [5.74, 6) is 1.60. The highest BCUT2D eigenvalue weighted by atomic mass is 79.9. The predicted octanol–water partition coefficient (Wildman–Crippen LogP) is 5.28. The van der Waals surface area contributed by atoms with E-state index >= 15 is 0 Å². The highest BCUT2D eigenvalue weighted by Gasteiger charge is 2.24. The van der Waals surface area contributed by atoms with Crippen LogP contribution in [0.5, 0.6) is 0 Å². The molecule has 3 aromatic heterocycles. The number of halogens is 1. The molecule has 32 heavy (non-hydrogen) atoms. The number of carbonyl (C=O) groups excluding carboxylic acids is 1. The number of aromatic nitrogens is 4. The van der Waals surface area contributed by atoms with Crippen LogP contribution in [0.2, 0.25) is 0 Å². The fourth-order valence-electron chi connectivity index (χ4n) is 4.40. The van der Waals surface area contributed by atoms with Crippen LogP contribution >= 0.6 is 27.3 Å². The molecule has 1 aromatic carbocycles. The van der Waals surface area contributed by atoms with Crippen molar-refractivity contribution in [2.45, 2.75) is 38.8 Å². The van der Waals surface area contributed by atoms with Gasteiger partial charge in [0.05, 0.1) is 29.6 Å². The standard InChI is InChI=1S/C24H24BrN5OS/c1-16(31)18-5-6-21-22(11-18)30(13-19-12-26-15-32-19)24(28-21)14-29-9-7-17(8-10-29)20-3-2-4-23(25)27-20/h2-6,11-12,15,17H,7-10,13-14H2,1H3. The molecule has 0 spiro atoms. The van der Waals surface area contributed by atoms with Crippen molar-refractivity contribution in [3.8, 4) is 0 Å². The van der Waals surface area contributed by atoms with Crippen LogP contribution in [0.25, 0.3) is 11.0 Å². The van der Waals surface area contributed by atoms with Crippen LogP contribution < -0.4 is 0 Å². The Morgan fingerprint density at radius 1 is 1.16 bits per heavy atom. The second kappa shape index (κ2) is 9.21. The summed E-state index contributed by atoms with van der Waals surface area (Å²) in [6, 6.07) is 12.0. The maximum absolute atomic E-state index is 12.0. The van der Waals surface area contributed by atoms with E-state index in [1.54, 1.807) is 18.3 Å².